The van der Waals surface area contributed by atoms with Crippen molar-refractivity contribution >= 4 is 10.1 Å². The minimum atomic E-state index is -3.69. The largest absolute Gasteiger partial charge is 0.497 e. The van der Waals surface area contributed by atoms with Gasteiger partial charge in [-0.25, -0.2) is 0 Å². The average molecular weight is 246 g/mol. The molecule has 0 saturated heterocycles. The minimum Gasteiger partial charge on any atom is -0.497 e. The van der Waals surface area contributed by atoms with Crippen molar-refractivity contribution in [1.82, 2.24) is 0 Å². The molecule has 0 bridgehead atoms. The van der Waals surface area contributed by atoms with Gasteiger partial charge in [0.05, 0.1) is 25.2 Å². The summed E-state index contributed by atoms with van der Waals surface area (Å²) in [6.45, 7) is 0.236. The second-order valence-corrected chi connectivity index (χ2v) is 4.56. The molecular weight excluding hydrogens is 232 g/mol. The molecule has 0 aliphatic rings. The van der Waals surface area contributed by atoms with Crippen LogP contribution in [0.2, 0.25) is 0 Å². The summed E-state index contributed by atoms with van der Waals surface area (Å²) in [7, 11) is -0.705. The minimum absolute atomic E-state index is 0.00482. The van der Waals surface area contributed by atoms with Gasteiger partial charge >= 0.3 is 0 Å². The first-order valence-electron chi connectivity index (χ1n) is 4.62. The predicted molar refractivity (Wildman–Crippen MR) is 58.0 cm³/mol. The van der Waals surface area contributed by atoms with Gasteiger partial charge in [0.25, 0.3) is 10.1 Å². The molecule has 6 heteroatoms. The first-order chi connectivity index (χ1) is 7.60. The van der Waals surface area contributed by atoms with E-state index in [0.29, 0.717) is 5.75 Å². The topological polar surface area (TPSA) is 61.8 Å². The highest BCUT2D eigenvalue weighted by Gasteiger charge is 2.14. The number of hydrogen-bond donors (Lipinski definition) is 0. The Hall–Kier alpha value is -1.11. The van der Waals surface area contributed by atoms with Crippen LogP contribution in [0.3, 0.4) is 0 Å². The zero-order chi connectivity index (χ0) is 12.0. The molecule has 0 heterocycles. The van der Waals surface area contributed by atoms with E-state index in [-0.39, 0.29) is 18.1 Å². The van der Waals surface area contributed by atoms with Crippen LogP contribution in [-0.2, 0) is 19.0 Å². The van der Waals surface area contributed by atoms with E-state index in [2.05, 4.69) is 0 Å². The average Bonchev–Trinajstić information content (AvgIpc) is 2.29. The molecule has 0 radical (unpaired) electrons. The molecule has 1 aromatic rings. The molecule has 0 N–H and O–H groups in total. The second-order valence-electron chi connectivity index (χ2n) is 2.94. The highest BCUT2D eigenvalue weighted by Crippen LogP contribution is 2.17. The van der Waals surface area contributed by atoms with Crippen molar-refractivity contribution in [3.8, 4) is 5.75 Å². The van der Waals surface area contributed by atoms with E-state index in [4.69, 9.17) is 13.7 Å². The molecule has 1 rings (SSSR count). The Balaban J connectivity index is 2.74. The van der Waals surface area contributed by atoms with E-state index >= 15 is 0 Å². The molecule has 0 amide bonds. The number of benzene rings is 1. The molecule has 5 nitrogen and oxygen atoms in total. The Morgan fingerprint density at radius 3 is 2.19 bits per heavy atom. The van der Waals surface area contributed by atoms with E-state index in [9.17, 15) is 8.42 Å². The van der Waals surface area contributed by atoms with Gasteiger partial charge in [-0.2, -0.15) is 8.42 Å². The monoisotopic (exact) mass is 246 g/mol. The molecule has 0 spiro atoms. The van der Waals surface area contributed by atoms with Gasteiger partial charge in [0.15, 0.2) is 0 Å². The lowest BCUT2D eigenvalue weighted by atomic mass is 10.3. The Bertz CT molecular complexity index is 409. The highest BCUT2D eigenvalue weighted by molar-refractivity contribution is 7.86. The van der Waals surface area contributed by atoms with Crippen LogP contribution in [0, 0.1) is 0 Å². The molecule has 0 atom stereocenters. The molecule has 0 aliphatic heterocycles. The number of ether oxygens (including phenoxy) is 2. The van der Waals surface area contributed by atoms with E-state index in [1.807, 2.05) is 0 Å². The molecule has 16 heavy (non-hydrogen) atoms. The van der Waals surface area contributed by atoms with Crippen LogP contribution in [0.1, 0.15) is 0 Å². The maximum Gasteiger partial charge on any atom is 0.297 e. The smallest absolute Gasteiger partial charge is 0.297 e. The maximum absolute atomic E-state index is 11.6. The van der Waals surface area contributed by atoms with Crippen LogP contribution in [0.4, 0.5) is 0 Å². The Kier molecular flexibility index (Phi) is 4.72. The molecule has 0 aliphatic carbocycles. The third-order valence-electron chi connectivity index (χ3n) is 1.87. The molecule has 0 aromatic heterocycles. The molecule has 1 aromatic carbocycles. The van der Waals surface area contributed by atoms with Crippen molar-refractivity contribution in [2.75, 3.05) is 27.4 Å². The number of rotatable bonds is 6. The second kappa shape index (κ2) is 5.83. The fourth-order valence-corrected chi connectivity index (χ4v) is 1.93. The van der Waals surface area contributed by atoms with Gasteiger partial charge in [0.1, 0.15) is 5.75 Å². The summed E-state index contributed by atoms with van der Waals surface area (Å²) in [5, 5.41) is 0. The highest BCUT2D eigenvalue weighted by atomic mass is 32.2. The van der Waals surface area contributed by atoms with Gasteiger partial charge in [-0.15, -0.1) is 0 Å². The molecular formula is C10H14O5S. The third kappa shape index (κ3) is 3.48. The third-order valence-corrected chi connectivity index (χ3v) is 3.20. The SMILES string of the molecule is COCCOS(=O)(=O)c1ccc(OC)cc1. The lowest BCUT2D eigenvalue weighted by molar-refractivity contribution is 0.149. The van der Waals surface area contributed by atoms with Crippen molar-refractivity contribution in [3.05, 3.63) is 24.3 Å². The van der Waals surface area contributed by atoms with Crippen molar-refractivity contribution in [3.63, 3.8) is 0 Å². The van der Waals surface area contributed by atoms with Crippen molar-refractivity contribution in [1.29, 1.82) is 0 Å². The van der Waals surface area contributed by atoms with Gasteiger partial charge in [-0.1, -0.05) is 0 Å². The summed E-state index contributed by atoms with van der Waals surface area (Å²) >= 11 is 0. The lowest BCUT2D eigenvalue weighted by Gasteiger charge is -2.05. The Morgan fingerprint density at radius 2 is 1.69 bits per heavy atom. The number of hydrogen-bond acceptors (Lipinski definition) is 5. The molecule has 0 saturated carbocycles. The Labute approximate surface area is 95.1 Å². The van der Waals surface area contributed by atoms with Crippen LogP contribution in [-0.4, -0.2) is 35.9 Å². The van der Waals surface area contributed by atoms with Crippen LogP contribution in [0.15, 0.2) is 29.2 Å². The van der Waals surface area contributed by atoms with Crippen molar-refractivity contribution in [2.45, 2.75) is 4.90 Å². The van der Waals surface area contributed by atoms with Gasteiger partial charge < -0.3 is 9.47 Å². The zero-order valence-corrected chi connectivity index (χ0v) is 9.99. The Morgan fingerprint density at radius 1 is 1.06 bits per heavy atom. The molecule has 90 valence electrons. The van der Waals surface area contributed by atoms with Gasteiger partial charge in [0, 0.05) is 7.11 Å². The van der Waals surface area contributed by atoms with Crippen LogP contribution >= 0.6 is 0 Å². The van der Waals surface area contributed by atoms with Crippen LogP contribution in [0.25, 0.3) is 0 Å². The molecule has 0 unspecified atom stereocenters. The summed E-state index contributed by atoms with van der Waals surface area (Å²) in [6, 6.07) is 5.99. The number of methoxy groups -OCH3 is 2. The summed E-state index contributed by atoms with van der Waals surface area (Å²) in [5.74, 6) is 0.593. The van der Waals surface area contributed by atoms with E-state index in [1.54, 1.807) is 12.1 Å². The van der Waals surface area contributed by atoms with E-state index < -0.39 is 10.1 Å². The summed E-state index contributed by atoms with van der Waals surface area (Å²) in [4.78, 5) is 0.101. The predicted octanol–water partition coefficient (Wildman–Crippen LogP) is 1.05. The van der Waals surface area contributed by atoms with Crippen molar-refractivity contribution < 1.29 is 22.1 Å². The fourth-order valence-electron chi connectivity index (χ4n) is 1.04. The maximum atomic E-state index is 11.6. The van der Waals surface area contributed by atoms with Crippen molar-refractivity contribution in [2.24, 2.45) is 0 Å². The fraction of sp³-hybridized carbons (Fsp3) is 0.400. The van der Waals surface area contributed by atoms with E-state index in [1.165, 1.54) is 26.4 Å². The van der Waals surface area contributed by atoms with Gasteiger partial charge in [-0.05, 0) is 24.3 Å². The molecule has 0 fully saturated rings. The summed E-state index contributed by atoms with van der Waals surface area (Å²) < 4.78 is 37.5. The summed E-state index contributed by atoms with van der Waals surface area (Å²) in [6.07, 6.45) is 0. The first-order valence-corrected chi connectivity index (χ1v) is 6.03. The quantitative estimate of drug-likeness (QED) is 0.554. The first kappa shape index (κ1) is 13.0. The normalized spacial score (nSPS) is 11.4. The lowest BCUT2D eigenvalue weighted by Crippen LogP contribution is -2.10. The van der Waals surface area contributed by atoms with Gasteiger partial charge in [-0.3, -0.25) is 4.18 Å². The van der Waals surface area contributed by atoms with E-state index in [0.717, 1.165) is 0 Å². The standard InChI is InChI=1S/C10H14O5S/c1-13-7-8-15-16(11,12)10-5-3-9(14-2)4-6-10/h3-6H,7-8H2,1-2H3. The van der Waals surface area contributed by atoms with Crippen LogP contribution < -0.4 is 4.74 Å². The van der Waals surface area contributed by atoms with Crippen LogP contribution in [0.5, 0.6) is 5.75 Å². The van der Waals surface area contributed by atoms with Gasteiger partial charge in [0.2, 0.25) is 0 Å². The summed E-state index contributed by atoms with van der Waals surface area (Å²) in [5.41, 5.74) is 0. The zero-order valence-electron chi connectivity index (χ0n) is 9.17.